The van der Waals surface area contributed by atoms with E-state index in [0.717, 1.165) is 69.4 Å². The Morgan fingerprint density at radius 2 is 1.84 bits per heavy atom. The van der Waals surface area contributed by atoms with Crippen LogP contribution in [0.5, 0.6) is 0 Å². The van der Waals surface area contributed by atoms with Gasteiger partial charge < -0.3 is 14.9 Å². The van der Waals surface area contributed by atoms with Gasteiger partial charge in [0.1, 0.15) is 0 Å². The minimum atomic E-state index is -1.01. The molecule has 0 aliphatic carbocycles. The molecule has 0 spiro atoms. The summed E-state index contributed by atoms with van der Waals surface area (Å²) in [5, 5.41) is 10.5. The average Bonchev–Trinajstić information content (AvgIpc) is 3.53. The van der Waals surface area contributed by atoms with Crippen molar-refractivity contribution < 1.29 is 19.5 Å². The molecule has 11 heteroatoms. The molecule has 1 aromatic heterocycles. The molecule has 3 aliphatic rings. The van der Waals surface area contributed by atoms with E-state index in [4.69, 9.17) is 5.11 Å². The maximum absolute atomic E-state index is 12.4. The van der Waals surface area contributed by atoms with Gasteiger partial charge in [-0.2, -0.15) is 0 Å². The zero-order chi connectivity index (χ0) is 22.5. The number of carbonyl (C=O) groups excluding carboxylic acids is 2. The molecule has 176 valence electrons. The number of thioether (sulfide) groups is 1. The number of likely N-dealkylation sites (tertiary alicyclic amines) is 2. The molecular formula is C21H31N5O4S2. The van der Waals surface area contributed by atoms with E-state index in [1.54, 1.807) is 5.38 Å². The number of amides is 2. The van der Waals surface area contributed by atoms with Crippen molar-refractivity contribution in [1.82, 2.24) is 24.6 Å². The molecule has 0 radical (unpaired) electrons. The number of carboxylic acids is 1. The molecule has 4 rings (SSSR count). The third kappa shape index (κ3) is 6.00. The molecule has 3 saturated heterocycles. The van der Waals surface area contributed by atoms with Gasteiger partial charge in [0.05, 0.1) is 6.54 Å². The van der Waals surface area contributed by atoms with E-state index in [1.807, 2.05) is 9.80 Å². The molecule has 0 saturated carbocycles. The highest BCUT2D eigenvalue weighted by Crippen LogP contribution is 2.25. The molecule has 3 aliphatic heterocycles. The number of aromatic nitrogens is 1. The number of hydrogen-bond donors (Lipinski definition) is 1. The standard InChI is InChI=1S/C21H31N5O4S2/c27-18-4-3-16(26(18)11-12-31-21-22-17(15-32-21)20(29)30)13-23-7-9-24(10-8-23)14-19(28)25-5-1-2-6-25/h15-16H,1-14H2,(H,29,30). The Morgan fingerprint density at radius 3 is 2.53 bits per heavy atom. The predicted octanol–water partition coefficient (Wildman–Crippen LogP) is 1.16. The Kier molecular flexibility index (Phi) is 8.03. The zero-order valence-corrected chi connectivity index (χ0v) is 19.9. The van der Waals surface area contributed by atoms with Crippen LogP contribution in [-0.4, -0.2) is 118 Å². The van der Waals surface area contributed by atoms with Crippen LogP contribution in [-0.2, 0) is 9.59 Å². The monoisotopic (exact) mass is 481 g/mol. The molecule has 32 heavy (non-hydrogen) atoms. The quantitative estimate of drug-likeness (QED) is 0.525. The summed E-state index contributed by atoms with van der Waals surface area (Å²) in [5.41, 5.74) is 0.0777. The molecular weight excluding hydrogens is 450 g/mol. The van der Waals surface area contributed by atoms with Crippen LogP contribution in [0, 0.1) is 0 Å². The first-order chi connectivity index (χ1) is 15.5. The molecule has 3 fully saturated rings. The minimum Gasteiger partial charge on any atom is -0.476 e. The molecule has 1 unspecified atom stereocenters. The summed E-state index contributed by atoms with van der Waals surface area (Å²) in [4.78, 5) is 48.5. The number of aromatic carboxylic acids is 1. The van der Waals surface area contributed by atoms with Crippen molar-refractivity contribution in [2.45, 2.75) is 36.1 Å². The number of rotatable bonds is 9. The number of carbonyl (C=O) groups is 3. The van der Waals surface area contributed by atoms with Gasteiger partial charge in [-0.1, -0.05) is 11.8 Å². The highest BCUT2D eigenvalue weighted by molar-refractivity contribution is 8.01. The van der Waals surface area contributed by atoms with E-state index in [1.165, 1.54) is 23.1 Å². The summed E-state index contributed by atoms with van der Waals surface area (Å²) in [5.74, 6) is 0.164. The van der Waals surface area contributed by atoms with Gasteiger partial charge in [-0.25, -0.2) is 9.78 Å². The van der Waals surface area contributed by atoms with E-state index < -0.39 is 5.97 Å². The maximum atomic E-state index is 12.4. The van der Waals surface area contributed by atoms with Crippen LogP contribution in [0.3, 0.4) is 0 Å². The van der Waals surface area contributed by atoms with Crippen LogP contribution in [0.25, 0.3) is 0 Å². The molecule has 2 amide bonds. The van der Waals surface area contributed by atoms with Gasteiger partial charge >= 0.3 is 5.97 Å². The fourth-order valence-electron chi connectivity index (χ4n) is 4.63. The van der Waals surface area contributed by atoms with Crippen molar-refractivity contribution in [2.24, 2.45) is 0 Å². The van der Waals surface area contributed by atoms with E-state index >= 15 is 0 Å². The first-order valence-corrected chi connectivity index (χ1v) is 13.2. The van der Waals surface area contributed by atoms with Gasteiger partial charge in [-0.05, 0) is 19.3 Å². The normalized spacial score (nSPS) is 22.8. The summed E-state index contributed by atoms with van der Waals surface area (Å²) in [7, 11) is 0. The van der Waals surface area contributed by atoms with Gasteiger partial charge in [0.25, 0.3) is 0 Å². The number of hydrogen-bond acceptors (Lipinski definition) is 8. The fourth-order valence-corrected chi connectivity index (χ4v) is 6.44. The first kappa shape index (κ1) is 23.5. The van der Waals surface area contributed by atoms with Crippen molar-refractivity contribution in [1.29, 1.82) is 0 Å². The van der Waals surface area contributed by atoms with Crippen LogP contribution in [0.4, 0.5) is 0 Å². The smallest absolute Gasteiger partial charge is 0.355 e. The lowest BCUT2D eigenvalue weighted by molar-refractivity contribution is -0.132. The van der Waals surface area contributed by atoms with E-state index in [9.17, 15) is 14.4 Å². The molecule has 9 nitrogen and oxygen atoms in total. The highest BCUT2D eigenvalue weighted by Gasteiger charge is 2.33. The number of piperazine rings is 1. The lowest BCUT2D eigenvalue weighted by Gasteiger charge is -2.37. The lowest BCUT2D eigenvalue weighted by Crippen LogP contribution is -2.52. The Morgan fingerprint density at radius 1 is 1.12 bits per heavy atom. The van der Waals surface area contributed by atoms with Crippen molar-refractivity contribution in [3.63, 3.8) is 0 Å². The molecule has 4 heterocycles. The maximum Gasteiger partial charge on any atom is 0.355 e. The molecule has 1 aromatic rings. The minimum absolute atomic E-state index is 0.0777. The zero-order valence-electron chi connectivity index (χ0n) is 18.3. The third-order valence-electron chi connectivity index (χ3n) is 6.46. The molecule has 1 atom stereocenters. The number of nitrogens with zero attached hydrogens (tertiary/aromatic N) is 5. The van der Waals surface area contributed by atoms with Crippen LogP contribution in [0.2, 0.25) is 0 Å². The summed E-state index contributed by atoms with van der Waals surface area (Å²) in [6, 6.07) is 0.228. The van der Waals surface area contributed by atoms with Crippen molar-refractivity contribution >= 4 is 40.9 Å². The van der Waals surface area contributed by atoms with Crippen LogP contribution in [0.15, 0.2) is 9.72 Å². The molecule has 1 N–H and O–H groups in total. The molecule has 0 aromatic carbocycles. The Labute approximate surface area is 196 Å². The SMILES string of the molecule is O=C(O)c1csc(SCCN2C(=O)CCC2CN2CCN(CC(=O)N3CCCC3)CC2)n1. The van der Waals surface area contributed by atoms with Crippen molar-refractivity contribution in [3.8, 4) is 0 Å². The van der Waals surface area contributed by atoms with Gasteiger partial charge in [-0.3, -0.25) is 19.4 Å². The Balaban J connectivity index is 1.19. The predicted molar refractivity (Wildman–Crippen MR) is 123 cm³/mol. The van der Waals surface area contributed by atoms with E-state index in [-0.39, 0.29) is 23.6 Å². The topological polar surface area (TPSA) is 97.3 Å². The van der Waals surface area contributed by atoms with Gasteiger partial charge in [0, 0.05) is 76.0 Å². The van der Waals surface area contributed by atoms with E-state index in [0.29, 0.717) is 25.3 Å². The second kappa shape index (κ2) is 11.0. The summed E-state index contributed by atoms with van der Waals surface area (Å²) < 4.78 is 0.727. The first-order valence-electron chi connectivity index (χ1n) is 11.3. The van der Waals surface area contributed by atoms with Gasteiger partial charge in [0.2, 0.25) is 11.8 Å². The van der Waals surface area contributed by atoms with Crippen molar-refractivity contribution in [2.75, 3.05) is 64.7 Å². The Hall–Kier alpha value is -1.69. The summed E-state index contributed by atoms with van der Waals surface area (Å²) >= 11 is 2.84. The summed E-state index contributed by atoms with van der Waals surface area (Å²) in [6.07, 6.45) is 3.74. The number of carboxylic acid groups (broad SMARTS) is 1. The third-order valence-corrected chi connectivity index (χ3v) is 8.47. The van der Waals surface area contributed by atoms with Crippen molar-refractivity contribution in [3.05, 3.63) is 11.1 Å². The van der Waals surface area contributed by atoms with Gasteiger partial charge in [0.15, 0.2) is 10.0 Å². The van der Waals surface area contributed by atoms with Crippen LogP contribution >= 0.6 is 23.1 Å². The summed E-state index contributed by atoms with van der Waals surface area (Å²) in [6.45, 7) is 7.52. The largest absolute Gasteiger partial charge is 0.476 e. The second-order valence-corrected chi connectivity index (χ2v) is 10.8. The highest BCUT2D eigenvalue weighted by atomic mass is 32.2. The van der Waals surface area contributed by atoms with Gasteiger partial charge in [-0.15, -0.1) is 11.3 Å². The second-order valence-electron chi connectivity index (χ2n) is 8.60. The lowest BCUT2D eigenvalue weighted by atomic mass is 10.2. The average molecular weight is 482 g/mol. The van der Waals surface area contributed by atoms with Crippen LogP contribution in [0.1, 0.15) is 36.2 Å². The van der Waals surface area contributed by atoms with Crippen LogP contribution < -0.4 is 0 Å². The van der Waals surface area contributed by atoms with E-state index in [2.05, 4.69) is 14.8 Å². The molecule has 0 bridgehead atoms. The fraction of sp³-hybridized carbons (Fsp3) is 0.714. The Bertz CT molecular complexity index is 821. The number of thiazole rings is 1.